The highest BCUT2D eigenvalue weighted by atomic mass is 16.5. The van der Waals surface area contributed by atoms with Crippen LogP contribution in [0.4, 0.5) is 0 Å². The standard InChI is InChI=1S/C18H24N2O5/c1-18(2,3)17(24)19-10-12-4-6-13(7-5-12)15(21)20-8-9-25-11-14(20)16(22)23/h4-7,14H,8-11H2,1-3H3,(H,19,24)(H,22,23). The summed E-state index contributed by atoms with van der Waals surface area (Å²) in [5.41, 5.74) is 0.822. The smallest absolute Gasteiger partial charge is 0.328 e. The summed E-state index contributed by atoms with van der Waals surface area (Å²) in [6, 6.07) is 5.84. The van der Waals surface area contributed by atoms with E-state index in [2.05, 4.69) is 5.32 Å². The number of amides is 2. The van der Waals surface area contributed by atoms with Gasteiger partial charge in [0.15, 0.2) is 6.04 Å². The van der Waals surface area contributed by atoms with Crippen LogP contribution in [0.2, 0.25) is 0 Å². The fraction of sp³-hybridized carbons (Fsp3) is 0.500. The van der Waals surface area contributed by atoms with Crippen molar-refractivity contribution >= 4 is 17.8 Å². The van der Waals surface area contributed by atoms with Crippen molar-refractivity contribution in [2.75, 3.05) is 19.8 Å². The third-order valence-corrected chi connectivity index (χ3v) is 4.01. The molecule has 0 saturated carbocycles. The number of benzene rings is 1. The van der Waals surface area contributed by atoms with Crippen molar-refractivity contribution < 1.29 is 24.2 Å². The Balaban J connectivity index is 2.02. The molecule has 0 spiro atoms. The summed E-state index contributed by atoms with van der Waals surface area (Å²) >= 11 is 0. The lowest BCUT2D eigenvalue weighted by Crippen LogP contribution is -2.52. The molecule has 1 aromatic rings. The minimum absolute atomic E-state index is 0.00199. The fourth-order valence-electron chi connectivity index (χ4n) is 2.43. The number of carboxylic acids is 1. The van der Waals surface area contributed by atoms with Gasteiger partial charge in [-0.1, -0.05) is 32.9 Å². The molecule has 1 aromatic carbocycles. The molecular formula is C18H24N2O5. The Labute approximate surface area is 147 Å². The highest BCUT2D eigenvalue weighted by molar-refractivity contribution is 5.96. The molecule has 0 aromatic heterocycles. The number of hydrogen-bond acceptors (Lipinski definition) is 4. The van der Waals surface area contributed by atoms with Gasteiger partial charge in [-0.2, -0.15) is 0 Å². The second-order valence-electron chi connectivity index (χ2n) is 7.06. The number of ether oxygens (including phenoxy) is 1. The summed E-state index contributed by atoms with van der Waals surface area (Å²) in [7, 11) is 0. The quantitative estimate of drug-likeness (QED) is 0.854. The number of nitrogens with zero attached hydrogens (tertiary/aromatic N) is 1. The number of carbonyl (C=O) groups is 3. The number of morpholine rings is 1. The van der Waals surface area contributed by atoms with Crippen molar-refractivity contribution in [3.63, 3.8) is 0 Å². The van der Waals surface area contributed by atoms with Gasteiger partial charge in [-0.3, -0.25) is 9.59 Å². The van der Waals surface area contributed by atoms with Crippen LogP contribution in [0, 0.1) is 5.41 Å². The topological polar surface area (TPSA) is 95.9 Å². The summed E-state index contributed by atoms with van der Waals surface area (Å²) in [4.78, 5) is 37.0. The summed E-state index contributed by atoms with van der Waals surface area (Å²) in [5.74, 6) is -1.46. The van der Waals surface area contributed by atoms with Crippen LogP contribution in [0.5, 0.6) is 0 Å². The van der Waals surface area contributed by atoms with Crippen LogP contribution in [0.25, 0.3) is 0 Å². The second-order valence-corrected chi connectivity index (χ2v) is 7.06. The average Bonchev–Trinajstić information content (AvgIpc) is 2.58. The van der Waals surface area contributed by atoms with Gasteiger partial charge in [0.05, 0.1) is 13.2 Å². The van der Waals surface area contributed by atoms with Gasteiger partial charge in [0, 0.05) is 24.1 Å². The highest BCUT2D eigenvalue weighted by Gasteiger charge is 2.33. The largest absolute Gasteiger partial charge is 0.480 e. The highest BCUT2D eigenvalue weighted by Crippen LogP contribution is 2.15. The molecular weight excluding hydrogens is 324 g/mol. The molecule has 7 nitrogen and oxygen atoms in total. The number of nitrogens with one attached hydrogen (secondary N) is 1. The SMILES string of the molecule is CC(C)(C)C(=O)NCc1ccc(C(=O)N2CCOCC2C(=O)O)cc1. The molecule has 136 valence electrons. The molecule has 25 heavy (non-hydrogen) atoms. The van der Waals surface area contributed by atoms with Gasteiger partial charge < -0.3 is 20.1 Å². The zero-order valence-corrected chi connectivity index (χ0v) is 14.7. The second kappa shape index (κ2) is 7.65. The minimum atomic E-state index is -1.07. The Morgan fingerprint density at radius 1 is 1.24 bits per heavy atom. The Bertz CT molecular complexity index is 648. The van der Waals surface area contributed by atoms with Crippen molar-refractivity contribution in [3.8, 4) is 0 Å². The first-order chi connectivity index (χ1) is 11.7. The van der Waals surface area contributed by atoms with Crippen LogP contribution in [0.3, 0.4) is 0 Å². The summed E-state index contributed by atoms with van der Waals surface area (Å²) < 4.78 is 5.15. The van der Waals surface area contributed by atoms with Crippen molar-refractivity contribution in [1.29, 1.82) is 0 Å². The van der Waals surface area contributed by atoms with Gasteiger partial charge in [0.1, 0.15) is 0 Å². The van der Waals surface area contributed by atoms with Crippen molar-refractivity contribution in [1.82, 2.24) is 10.2 Å². The van der Waals surface area contributed by atoms with E-state index in [4.69, 9.17) is 4.74 Å². The minimum Gasteiger partial charge on any atom is -0.480 e. The third-order valence-electron chi connectivity index (χ3n) is 4.01. The maximum absolute atomic E-state index is 12.6. The first kappa shape index (κ1) is 18.9. The molecule has 2 rings (SSSR count). The van der Waals surface area contributed by atoms with Crippen LogP contribution in [0.1, 0.15) is 36.7 Å². The van der Waals surface area contributed by atoms with Crippen LogP contribution < -0.4 is 5.32 Å². The van der Waals surface area contributed by atoms with E-state index >= 15 is 0 Å². The lowest BCUT2D eigenvalue weighted by atomic mass is 9.95. The maximum Gasteiger partial charge on any atom is 0.328 e. The van der Waals surface area contributed by atoms with Crippen molar-refractivity contribution in [3.05, 3.63) is 35.4 Å². The van der Waals surface area contributed by atoms with Crippen molar-refractivity contribution in [2.45, 2.75) is 33.4 Å². The molecule has 0 aliphatic carbocycles. The number of hydrogen-bond donors (Lipinski definition) is 2. The van der Waals surface area contributed by atoms with E-state index in [1.54, 1.807) is 24.3 Å². The zero-order chi connectivity index (χ0) is 18.6. The normalized spacial score (nSPS) is 17.9. The lowest BCUT2D eigenvalue weighted by Gasteiger charge is -2.32. The molecule has 1 heterocycles. The molecule has 0 bridgehead atoms. The summed E-state index contributed by atoms with van der Waals surface area (Å²) in [6.45, 7) is 6.46. The predicted molar refractivity (Wildman–Crippen MR) is 91.0 cm³/mol. The summed E-state index contributed by atoms with van der Waals surface area (Å²) in [5, 5.41) is 12.1. The summed E-state index contributed by atoms with van der Waals surface area (Å²) in [6.07, 6.45) is 0. The molecule has 7 heteroatoms. The van der Waals surface area contributed by atoms with Gasteiger partial charge in [-0.15, -0.1) is 0 Å². The molecule has 1 saturated heterocycles. The number of rotatable bonds is 4. The lowest BCUT2D eigenvalue weighted by molar-refractivity contribution is -0.147. The van der Waals surface area contributed by atoms with Crippen LogP contribution in [-0.2, 0) is 20.9 Å². The van der Waals surface area contributed by atoms with Crippen molar-refractivity contribution in [2.24, 2.45) is 5.41 Å². The average molecular weight is 348 g/mol. The van der Waals surface area contributed by atoms with Gasteiger partial charge in [-0.25, -0.2) is 4.79 Å². The molecule has 1 aliphatic rings. The van der Waals surface area contributed by atoms with E-state index < -0.39 is 17.4 Å². The first-order valence-electron chi connectivity index (χ1n) is 8.19. The molecule has 1 aliphatic heterocycles. The van der Waals surface area contributed by atoms with E-state index in [0.29, 0.717) is 18.7 Å². The van der Waals surface area contributed by atoms with Crippen LogP contribution in [0.15, 0.2) is 24.3 Å². The molecule has 1 fully saturated rings. The van der Waals surface area contributed by atoms with Gasteiger partial charge >= 0.3 is 5.97 Å². The van der Waals surface area contributed by atoms with E-state index in [1.807, 2.05) is 20.8 Å². The fourth-order valence-corrected chi connectivity index (χ4v) is 2.43. The Morgan fingerprint density at radius 3 is 2.44 bits per heavy atom. The van der Waals surface area contributed by atoms with E-state index in [9.17, 15) is 19.5 Å². The van der Waals surface area contributed by atoms with Gasteiger partial charge in [0.25, 0.3) is 5.91 Å². The maximum atomic E-state index is 12.6. The molecule has 1 atom stereocenters. The Hall–Kier alpha value is -2.41. The van der Waals surface area contributed by atoms with E-state index in [0.717, 1.165) is 5.56 Å². The van der Waals surface area contributed by atoms with E-state index in [-0.39, 0.29) is 25.0 Å². The third kappa shape index (κ3) is 4.79. The van der Waals surface area contributed by atoms with Crippen LogP contribution in [-0.4, -0.2) is 53.6 Å². The number of aliphatic carboxylic acids is 1. The van der Waals surface area contributed by atoms with Gasteiger partial charge in [0.2, 0.25) is 5.91 Å². The predicted octanol–water partition coefficient (Wildman–Crippen LogP) is 1.27. The Kier molecular flexibility index (Phi) is 5.79. The molecule has 2 N–H and O–H groups in total. The monoisotopic (exact) mass is 348 g/mol. The number of carbonyl (C=O) groups excluding carboxylic acids is 2. The zero-order valence-electron chi connectivity index (χ0n) is 14.7. The molecule has 1 unspecified atom stereocenters. The first-order valence-corrected chi connectivity index (χ1v) is 8.19. The molecule has 0 radical (unpaired) electrons. The molecule has 2 amide bonds. The van der Waals surface area contributed by atoms with Crippen LogP contribution >= 0.6 is 0 Å². The Morgan fingerprint density at radius 2 is 1.88 bits per heavy atom. The van der Waals surface area contributed by atoms with Gasteiger partial charge in [-0.05, 0) is 17.7 Å². The number of carboxylic acid groups (broad SMARTS) is 1. The van der Waals surface area contributed by atoms with E-state index in [1.165, 1.54) is 4.90 Å².